The maximum absolute atomic E-state index is 12.7. The molecule has 0 bridgehead atoms. The van der Waals surface area contributed by atoms with Crippen molar-refractivity contribution in [2.45, 2.75) is 30.7 Å². The fourth-order valence-electron chi connectivity index (χ4n) is 3.68. The number of hydrogen-bond donors (Lipinski definition) is 0. The number of carbonyl (C=O) groups excluding carboxylic acids is 1. The summed E-state index contributed by atoms with van der Waals surface area (Å²) in [5.74, 6) is 0. The second kappa shape index (κ2) is 8.37. The van der Waals surface area contributed by atoms with Crippen molar-refractivity contribution in [2.24, 2.45) is 0 Å². The number of amides is 1. The van der Waals surface area contributed by atoms with Crippen LogP contribution in [0.15, 0.2) is 35.2 Å². The third-order valence-electron chi connectivity index (χ3n) is 5.16. The molecule has 1 aromatic rings. The Balaban J connectivity index is 1.51. The highest BCUT2D eigenvalue weighted by Crippen LogP contribution is 2.22. The van der Waals surface area contributed by atoms with Crippen LogP contribution in [0.3, 0.4) is 0 Å². The van der Waals surface area contributed by atoms with Crippen LogP contribution in [0, 0.1) is 0 Å². The summed E-state index contributed by atoms with van der Waals surface area (Å²) in [7, 11) is -3.41. The topological polar surface area (TPSA) is 70.2 Å². The van der Waals surface area contributed by atoms with Crippen molar-refractivity contribution in [3.8, 4) is 0 Å². The molecule has 2 aliphatic rings. The first kappa shape index (κ1) is 19.1. The van der Waals surface area contributed by atoms with E-state index in [2.05, 4.69) is 4.90 Å². The van der Waals surface area contributed by atoms with Crippen LogP contribution in [0.5, 0.6) is 0 Å². The Hall–Kier alpha value is -1.64. The molecule has 0 unspecified atom stereocenters. The smallest absolute Gasteiger partial charge is 0.409 e. The lowest BCUT2D eigenvalue weighted by atomic mass is 10.0. The van der Waals surface area contributed by atoms with Crippen LogP contribution >= 0.6 is 0 Å². The molecule has 1 aromatic carbocycles. The molecule has 0 N–H and O–H groups in total. The van der Waals surface area contributed by atoms with Crippen LogP contribution in [0.2, 0.25) is 0 Å². The molecule has 0 spiro atoms. The van der Waals surface area contributed by atoms with Crippen LogP contribution < -0.4 is 0 Å². The molecule has 1 amide bonds. The van der Waals surface area contributed by atoms with Gasteiger partial charge < -0.3 is 9.64 Å². The first-order valence-corrected chi connectivity index (χ1v) is 10.7. The zero-order chi connectivity index (χ0) is 18.6. The summed E-state index contributed by atoms with van der Waals surface area (Å²) in [6, 6.07) is 9.02. The standard InChI is InChI=1S/C18H27N3O4S/c1-2-25-18(22)20-10-8-16(9-11-20)19-12-14-21(15-13-19)26(23,24)17-6-4-3-5-7-17/h3-7,16H,2,8-15H2,1H3. The Bertz CT molecular complexity index is 694. The molecule has 0 aliphatic carbocycles. The van der Waals surface area contributed by atoms with E-state index in [0.29, 0.717) is 43.7 Å². The van der Waals surface area contributed by atoms with Crippen molar-refractivity contribution in [3.05, 3.63) is 30.3 Å². The van der Waals surface area contributed by atoms with E-state index in [1.54, 1.807) is 33.5 Å². The molecule has 2 aliphatic heterocycles. The maximum Gasteiger partial charge on any atom is 0.409 e. The minimum absolute atomic E-state index is 0.232. The first-order valence-electron chi connectivity index (χ1n) is 9.23. The van der Waals surface area contributed by atoms with Gasteiger partial charge in [-0.3, -0.25) is 4.90 Å². The largest absolute Gasteiger partial charge is 0.450 e. The molecule has 2 saturated heterocycles. The molecule has 3 rings (SSSR count). The van der Waals surface area contributed by atoms with E-state index in [9.17, 15) is 13.2 Å². The highest BCUT2D eigenvalue weighted by Gasteiger charge is 2.33. The maximum atomic E-state index is 12.7. The second-order valence-electron chi connectivity index (χ2n) is 6.67. The summed E-state index contributed by atoms with van der Waals surface area (Å²) < 4.78 is 32.0. The highest BCUT2D eigenvalue weighted by molar-refractivity contribution is 7.89. The van der Waals surface area contributed by atoms with Crippen LogP contribution in [0.4, 0.5) is 4.79 Å². The zero-order valence-corrected chi connectivity index (χ0v) is 16.0. The van der Waals surface area contributed by atoms with E-state index in [-0.39, 0.29) is 6.09 Å². The van der Waals surface area contributed by atoms with Gasteiger partial charge in [-0.25, -0.2) is 13.2 Å². The fourth-order valence-corrected chi connectivity index (χ4v) is 5.12. The average molecular weight is 381 g/mol. The van der Waals surface area contributed by atoms with Crippen molar-refractivity contribution in [1.82, 2.24) is 14.1 Å². The summed E-state index contributed by atoms with van der Waals surface area (Å²) in [6.45, 7) is 6.10. The molecule has 0 radical (unpaired) electrons. The van der Waals surface area contributed by atoms with Gasteiger partial charge in [0, 0.05) is 45.3 Å². The number of sulfonamides is 1. The Morgan fingerprint density at radius 2 is 1.65 bits per heavy atom. The van der Waals surface area contributed by atoms with Gasteiger partial charge in [-0.15, -0.1) is 0 Å². The SMILES string of the molecule is CCOC(=O)N1CCC(N2CCN(S(=O)(=O)c3ccccc3)CC2)CC1. The highest BCUT2D eigenvalue weighted by atomic mass is 32.2. The van der Waals surface area contributed by atoms with Gasteiger partial charge >= 0.3 is 6.09 Å². The Labute approximate surface area is 155 Å². The van der Waals surface area contributed by atoms with Crippen molar-refractivity contribution in [3.63, 3.8) is 0 Å². The van der Waals surface area contributed by atoms with E-state index in [1.165, 1.54) is 0 Å². The van der Waals surface area contributed by atoms with E-state index in [0.717, 1.165) is 25.9 Å². The molecule has 7 nitrogen and oxygen atoms in total. The van der Waals surface area contributed by atoms with E-state index in [4.69, 9.17) is 4.74 Å². The number of piperazine rings is 1. The van der Waals surface area contributed by atoms with Crippen LogP contribution in [-0.2, 0) is 14.8 Å². The quantitative estimate of drug-likeness (QED) is 0.793. The number of hydrogen-bond acceptors (Lipinski definition) is 5. The van der Waals surface area contributed by atoms with E-state index in [1.807, 2.05) is 13.0 Å². The molecule has 26 heavy (non-hydrogen) atoms. The van der Waals surface area contributed by atoms with Gasteiger partial charge in [0.15, 0.2) is 0 Å². The van der Waals surface area contributed by atoms with Crippen molar-refractivity contribution in [1.29, 1.82) is 0 Å². The summed E-state index contributed by atoms with van der Waals surface area (Å²) in [4.78, 5) is 16.3. The third kappa shape index (κ3) is 4.19. The van der Waals surface area contributed by atoms with Gasteiger partial charge in [0.1, 0.15) is 0 Å². The van der Waals surface area contributed by atoms with E-state index >= 15 is 0 Å². The van der Waals surface area contributed by atoms with Gasteiger partial charge in [-0.2, -0.15) is 4.31 Å². The van der Waals surface area contributed by atoms with Gasteiger partial charge in [0.05, 0.1) is 11.5 Å². The number of benzene rings is 1. The Kier molecular flexibility index (Phi) is 6.16. The number of rotatable bonds is 4. The predicted octanol–water partition coefficient (Wildman–Crippen LogP) is 1.61. The molecule has 0 saturated carbocycles. The normalized spacial score (nSPS) is 20.9. The van der Waals surface area contributed by atoms with E-state index < -0.39 is 10.0 Å². The molecular weight excluding hydrogens is 354 g/mol. The summed E-state index contributed by atoms with van der Waals surface area (Å²) in [5.41, 5.74) is 0. The summed E-state index contributed by atoms with van der Waals surface area (Å²) >= 11 is 0. The lowest BCUT2D eigenvalue weighted by Crippen LogP contribution is -2.54. The molecular formula is C18H27N3O4S. The minimum atomic E-state index is -3.41. The van der Waals surface area contributed by atoms with Crippen molar-refractivity contribution in [2.75, 3.05) is 45.9 Å². The van der Waals surface area contributed by atoms with Gasteiger partial charge in [-0.1, -0.05) is 18.2 Å². The van der Waals surface area contributed by atoms with Gasteiger partial charge in [0.2, 0.25) is 10.0 Å². The third-order valence-corrected chi connectivity index (χ3v) is 7.07. The van der Waals surface area contributed by atoms with Crippen molar-refractivity contribution >= 4 is 16.1 Å². The van der Waals surface area contributed by atoms with Gasteiger partial charge in [0.25, 0.3) is 0 Å². The molecule has 144 valence electrons. The lowest BCUT2D eigenvalue weighted by molar-refractivity contribution is 0.0633. The second-order valence-corrected chi connectivity index (χ2v) is 8.61. The number of piperidine rings is 1. The number of carbonyl (C=O) groups is 1. The lowest BCUT2D eigenvalue weighted by Gasteiger charge is -2.42. The minimum Gasteiger partial charge on any atom is -0.450 e. The number of nitrogens with zero attached hydrogens (tertiary/aromatic N) is 3. The van der Waals surface area contributed by atoms with Crippen LogP contribution in [0.25, 0.3) is 0 Å². The predicted molar refractivity (Wildman–Crippen MR) is 98.4 cm³/mol. The van der Waals surface area contributed by atoms with Crippen LogP contribution in [-0.4, -0.2) is 80.5 Å². The molecule has 2 heterocycles. The van der Waals surface area contributed by atoms with Crippen molar-refractivity contribution < 1.29 is 17.9 Å². The average Bonchev–Trinajstić information content (AvgIpc) is 2.69. The Morgan fingerprint density at radius 3 is 2.23 bits per heavy atom. The zero-order valence-electron chi connectivity index (χ0n) is 15.2. The monoisotopic (exact) mass is 381 g/mol. The molecule has 0 aromatic heterocycles. The first-order chi connectivity index (χ1) is 12.5. The molecule has 8 heteroatoms. The van der Waals surface area contributed by atoms with Gasteiger partial charge in [-0.05, 0) is 31.9 Å². The molecule has 0 atom stereocenters. The Morgan fingerprint density at radius 1 is 1.04 bits per heavy atom. The van der Waals surface area contributed by atoms with Crippen LogP contribution in [0.1, 0.15) is 19.8 Å². The summed E-state index contributed by atoms with van der Waals surface area (Å²) in [6.07, 6.45) is 1.58. The molecule has 2 fully saturated rings. The fraction of sp³-hybridized carbons (Fsp3) is 0.611. The number of likely N-dealkylation sites (tertiary alicyclic amines) is 1. The number of ether oxygens (including phenoxy) is 1. The summed E-state index contributed by atoms with van der Waals surface area (Å²) in [5, 5.41) is 0.